The van der Waals surface area contributed by atoms with E-state index in [4.69, 9.17) is 11.6 Å². The summed E-state index contributed by atoms with van der Waals surface area (Å²) in [4.78, 5) is 16.2. The Labute approximate surface area is 142 Å². The third-order valence-electron chi connectivity index (χ3n) is 3.75. The molecule has 0 unspecified atom stereocenters. The lowest BCUT2D eigenvalue weighted by Crippen LogP contribution is -2.49. The molecule has 0 radical (unpaired) electrons. The second kappa shape index (κ2) is 6.80. The average molecular weight is 355 g/mol. The first-order chi connectivity index (χ1) is 11.0. The van der Waals surface area contributed by atoms with E-state index in [1.807, 2.05) is 11.8 Å². The normalized spacial score (nSPS) is 15.1. The highest BCUT2D eigenvalue weighted by atomic mass is 35.5. The molecular formula is C15H16ClFN4OS. The molecule has 1 aromatic carbocycles. The quantitative estimate of drug-likeness (QED) is 0.850. The molecular weight excluding hydrogens is 339 g/mol. The predicted octanol–water partition coefficient (Wildman–Crippen LogP) is 2.53. The van der Waals surface area contributed by atoms with Crippen molar-refractivity contribution in [3.05, 3.63) is 39.1 Å². The number of aromatic nitrogens is 2. The van der Waals surface area contributed by atoms with E-state index in [2.05, 4.69) is 15.1 Å². The maximum absolute atomic E-state index is 13.1. The van der Waals surface area contributed by atoms with Gasteiger partial charge in [-0.1, -0.05) is 11.6 Å². The van der Waals surface area contributed by atoms with Crippen LogP contribution in [0.5, 0.6) is 0 Å². The fourth-order valence-corrected chi connectivity index (χ4v) is 3.57. The van der Waals surface area contributed by atoms with Crippen LogP contribution in [0.15, 0.2) is 18.2 Å². The number of nitrogens with zero attached hydrogens (tertiary/aromatic N) is 4. The number of benzene rings is 1. The van der Waals surface area contributed by atoms with Gasteiger partial charge in [-0.3, -0.25) is 4.79 Å². The minimum Gasteiger partial charge on any atom is -0.367 e. The van der Waals surface area contributed by atoms with Crippen LogP contribution < -0.4 is 4.90 Å². The van der Waals surface area contributed by atoms with Gasteiger partial charge in [-0.05, 0) is 25.1 Å². The van der Waals surface area contributed by atoms with Crippen LogP contribution in [-0.4, -0.2) is 47.2 Å². The standard InChI is InChI=1S/C15H16ClFN4OS/c1-10-18-19-14(23-10)9-15(22)21-6-4-20(5-7-21)13-3-2-11(17)8-12(13)16/h2-3,8H,4-7,9H2,1H3. The number of rotatable bonds is 3. The molecule has 0 saturated carbocycles. The van der Waals surface area contributed by atoms with E-state index in [-0.39, 0.29) is 11.7 Å². The van der Waals surface area contributed by atoms with Gasteiger partial charge in [0.05, 0.1) is 17.1 Å². The Morgan fingerprint density at radius 2 is 2.04 bits per heavy atom. The molecule has 23 heavy (non-hydrogen) atoms. The molecule has 0 N–H and O–H groups in total. The van der Waals surface area contributed by atoms with Crippen LogP contribution in [0, 0.1) is 12.7 Å². The van der Waals surface area contributed by atoms with Crippen LogP contribution in [0.2, 0.25) is 5.02 Å². The molecule has 122 valence electrons. The summed E-state index contributed by atoms with van der Waals surface area (Å²) in [7, 11) is 0. The van der Waals surface area contributed by atoms with E-state index < -0.39 is 0 Å². The first-order valence-corrected chi connectivity index (χ1v) is 8.49. The summed E-state index contributed by atoms with van der Waals surface area (Å²) in [5, 5.41) is 9.93. The van der Waals surface area contributed by atoms with Crippen LogP contribution >= 0.6 is 22.9 Å². The molecule has 1 amide bonds. The zero-order valence-corrected chi connectivity index (χ0v) is 14.2. The molecule has 1 fully saturated rings. The van der Waals surface area contributed by atoms with Gasteiger partial charge in [-0.2, -0.15) is 0 Å². The Bertz CT molecular complexity index is 715. The molecule has 5 nitrogen and oxygen atoms in total. The zero-order chi connectivity index (χ0) is 16.4. The summed E-state index contributed by atoms with van der Waals surface area (Å²) in [5.41, 5.74) is 0.805. The number of carbonyl (C=O) groups excluding carboxylic acids is 1. The minimum absolute atomic E-state index is 0.0611. The molecule has 1 saturated heterocycles. The Morgan fingerprint density at radius 1 is 1.30 bits per heavy atom. The number of piperazine rings is 1. The van der Waals surface area contributed by atoms with Crippen molar-refractivity contribution in [2.24, 2.45) is 0 Å². The lowest BCUT2D eigenvalue weighted by atomic mass is 10.2. The van der Waals surface area contributed by atoms with Crippen LogP contribution in [0.3, 0.4) is 0 Å². The van der Waals surface area contributed by atoms with Crippen molar-refractivity contribution in [2.75, 3.05) is 31.1 Å². The topological polar surface area (TPSA) is 49.3 Å². The number of amides is 1. The first-order valence-electron chi connectivity index (χ1n) is 7.29. The third-order valence-corrected chi connectivity index (χ3v) is 4.89. The van der Waals surface area contributed by atoms with E-state index >= 15 is 0 Å². The van der Waals surface area contributed by atoms with Crippen molar-refractivity contribution in [3.8, 4) is 0 Å². The van der Waals surface area contributed by atoms with Gasteiger partial charge in [0.2, 0.25) is 5.91 Å². The third kappa shape index (κ3) is 3.79. The highest BCUT2D eigenvalue weighted by Gasteiger charge is 2.23. The Kier molecular flexibility index (Phi) is 4.77. The SMILES string of the molecule is Cc1nnc(CC(=O)N2CCN(c3ccc(F)cc3Cl)CC2)s1. The average Bonchev–Trinajstić information content (AvgIpc) is 2.92. The van der Waals surface area contributed by atoms with Crippen molar-refractivity contribution >= 4 is 34.5 Å². The Hall–Kier alpha value is -1.73. The first kappa shape index (κ1) is 16.1. The van der Waals surface area contributed by atoms with Crippen LogP contribution in [0.1, 0.15) is 10.0 Å². The Balaban J connectivity index is 1.58. The molecule has 0 bridgehead atoms. The number of anilines is 1. The smallest absolute Gasteiger partial charge is 0.229 e. The molecule has 2 aromatic rings. The van der Waals surface area contributed by atoms with Crippen molar-refractivity contribution in [3.63, 3.8) is 0 Å². The summed E-state index contributed by atoms with van der Waals surface area (Å²) in [5.74, 6) is -0.286. The van der Waals surface area contributed by atoms with Crippen LogP contribution in [-0.2, 0) is 11.2 Å². The zero-order valence-electron chi connectivity index (χ0n) is 12.6. The summed E-state index contributed by atoms with van der Waals surface area (Å²) in [6.07, 6.45) is 0.294. The fraction of sp³-hybridized carbons (Fsp3) is 0.400. The van der Waals surface area contributed by atoms with Gasteiger partial charge in [-0.15, -0.1) is 21.5 Å². The second-order valence-electron chi connectivity index (χ2n) is 5.36. The Morgan fingerprint density at radius 3 is 2.65 bits per heavy atom. The molecule has 0 aliphatic carbocycles. The number of carbonyl (C=O) groups is 1. The number of hydrogen-bond donors (Lipinski definition) is 0. The van der Waals surface area contributed by atoms with E-state index in [9.17, 15) is 9.18 Å². The van der Waals surface area contributed by atoms with Gasteiger partial charge in [0, 0.05) is 26.2 Å². The highest BCUT2D eigenvalue weighted by Crippen LogP contribution is 2.27. The number of hydrogen-bond acceptors (Lipinski definition) is 5. The van der Waals surface area contributed by atoms with Gasteiger partial charge in [0.15, 0.2) is 0 Å². The van der Waals surface area contributed by atoms with Crippen LogP contribution in [0.4, 0.5) is 10.1 Å². The van der Waals surface area contributed by atoms with Gasteiger partial charge in [0.1, 0.15) is 15.8 Å². The van der Waals surface area contributed by atoms with Crippen molar-refractivity contribution in [1.29, 1.82) is 0 Å². The van der Waals surface area contributed by atoms with Gasteiger partial charge in [-0.25, -0.2) is 4.39 Å². The molecule has 3 rings (SSSR count). The van der Waals surface area contributed by atoms with E-state index in [1.54, 1.807) is 6.07 Å². The molecule has 1 aliphatic rings. The molecule has 1 aliphatic heterocycles. The summed E-state index contributed by atoms with van der Waals surface area (Å²) in [6.45, 7) is 4.45. The van der Waals surface area contributed by atoms with Crippen molar-refractivity contribution in [2.45, 2.75) is 13.3 Å². The summed E-state index contributed by atoms with van der Waals surface area (Å²) >= 11 is 7.54. The number of halogens is 2. The van der Waals surface area contributed by atoms with Crippen LogP contribution in [0.25, 0.3) is 0 Å². The predicted molar refractivity (Wildman–Crippen MR) is 88.6 cm³/mol. The fourth-order valence-electron chi connectivity index (χ4n) is 2.58. The molecule has 2 heterocycles. The summed E-state index contributed by atoms with van der Waals surface area (Å²) in [6, 6.07) is 4.39. The number of aryl methyl sites for hydroxylation is 1. The molecule has 8 heteroatoms. The van der Waals surface area contributed by atoms with E-state index in [1.165, 1.54) is 23.5 Å². The van der Waals surface area contributed by atoms with Gasteiger partial charge >= 0.3 is 0 Å². The maximum atomic E-state index is 13.1. The monoisotopic (exact) mass is 354 g/mol. The lowest BCUT2D eigenvalue weighted by Gasteiger charge is -2.36. The van der Waals surface area contributed by atoms with Gasteiger partial charge < -0.3 is 9.80 Å². The van der Waals surface area contributed by atoms with Crippen molar-refractivity contribution in [1.82, 2.24) is 15.1 Å². The molecule has 0 spiro atoms. The van der Waals surface area contributed by atoms with E-state index in [0.717, 1.165) is 15.7 Å². The highest BCUT2D eigenvalue weighted by molar-refractivity contribution is 7.11. The summed E-state index contributed by atoms with van der Waals surface area (Å²) < 4.78 is 13.1. The van der Waals surface area contributed by atoms with E-state index in [0.29, 0.717) is 37.6 Å². The van der Waals surface area contributed by atoms with Crippen molar-refractivity contribution < 1.29 is 9.18 Å². The largest absolute Gasteiger partial charge is 0.367 e. The second-order valence-corrected chi connectivity index (χ2v) is 7.03. The lowest BCUT2D eigenvalue weighted by molar-refractivity contribution is -0.130. The molecule has 0 atom stereocenters. The minimum atomic E-state index is -0.347. The maximum Gasteiger partial charge on any atom is 0.229 e. The van der Waals surface area contributed by atoms with Gasteiger partial charge in [0.25, 0.3) is 0 Å². The molecule has 1 aromatic heterocycles.